The summed E-state index contributed by atoms with van der Waals surface area (Å²) in [6.45, 7) is 5.40. The number of halogens is 1. The minimum atomic E-state index is -3.74. The number of methoxy groups -OCH3 is 1. The van der Waals surface area contributed by atoms with Gasteiger partial charge in [-0.15, -0.1) is 0 Å². The van der Waals surface area contributed by atoms with E-state index in [0.29, 0.717) is 16.5 Å². The average Bonchev–Trinajstić information content (AvgIpc) is 3.06. The van der Waals surface area contributed by atoms with Gasteiger partial charge >= 0.3 is 0 Å². The van der Waals surface area contributed by atoms with E-state index in [4.69, 9.17) is 16.3 Å². The summed E-state index contributed by atoms with van der Waals surface area (Å²) in [5, 5.41) is 4.70. The SMILES string of the molecule is COc1ccc(N([C@H](C)C(=O)N/N=C\c2cc(C)n(-c3cccc(Cl)c3)c2C)S(C)(=O)=O)cc1. The van der Waals surface area contributed by atoms with Crippen molar-refractivity contribution in [3.05, 3.63) is 76.6 Å². The Hall–Kier alpha value is -3.30. The number of amides is 1. The predicted molar refractivity (Wildman–Crippen MR) is 136 cm³/mol. The van der Waals surface area contributed by atoms with Gasteiger partial charge in [0.05, 0.1) is 25.3 Å². The molecule has 0 unspecified atom stereocenters. The number of carbonyl (C=O) groups is 1. The number of aromatic nitrogens is 1. The fourth-order valence-corrected chi connectivity index (χ4v) is 5.09. The highest BCUT2D eigenvalue weighted by Gasteiger charge is 2.29. The van der Waals surface area contributed by atoms with E-state index in [1.807, 2.05) is 48.7 Å². The summed E-state index contributed by atoms with van der Waals surface area (Å²) >= 11 is 6.13. The van der Waals surface area contributed by atoms with Crippen LogP contribution in [-0.4, -0.2) is 44.5 Å². The molecule has 10 heteroatoms. The van der Waals surface area contributed by atoms with E-state index >= 15 is 0 Å². The van der Waals surface area contributed by atoms with Gasteiger partial charge in [-0.2, -0.15) is 5.10 Å². The minimum Gasteiger partial charge on any atom is -0.497 e. The van der Waals surface area contributed by atoms with Gasteiger partial charge in [0, 0.05) is 27.7 Å². The lowest BCUT2D eigenvalue weighted by Gasteiger charge is -2.27. The molecule has 0 bridgehead atoms. The Morgan fingerprint density at radius 3 is 2.44 bits per heavy atom. The summed E-state index contributed by atoms with van der Waals surface area (Å²) in [5.74, 6) is 0.00965. The van der Waals surface area contributed by atoms with Gasteiger partial charge in [-0.1, -0.05) is 17.7 Å². The van der Waals surface area contributed by atoms with Crippen LogP contribution in [0.25, 0.3) is 5.69 Å². The molecule has 0 fully saturated rings. The second kappa shape index (κ2) is 10.3. The lowest BCUT2D eigenvalue weighted by atomic mass is 10.2. The lowest BCUT2D eigenvalue weighted by molar-refractivity contribution is -0.121. The normalized spacial score (nSPS) is 12.5. The number of benzene rings is 2. The van der Waals surface area contributed by atoms with Crippen molar-refractivity contribution in [2.45, 2.75) is 26.8 Å². The molecular formula is C24H27ClN4O4S. The van der Waals surface area contributed by atoms with Crippen molar-refractivity contribution in [2.24, 2.45) is 5.10 Å². The molecule has 0 spiro atoms. The number of hydrazone groups is 1. The van der Waals surface area contributed by atoms with E-state index in [-0.39, 0.29) is 0 Å². The first-order valence-electron chi connectivity index (χ1n) is 10.4. The number of carbonyl (C=O) groups excluding carboxylic acids is 1. The third kappa shape index (κ3) is 5.60. The molecule has 3 rings (SSSR count). The van der Waals surface area contributed by atoms with Crippen molar-refractivity contribution >= 4 is 39.4 Å². The summed E-state index contributed by atoms with van der Waals surface area (Å²) in [7, 11) is -2.22. The van der Waals surface area contributed by atoms with Crippen LogP contribution in [0.1, 0.15) is 23.9 Å². The van der Waals surface area contributed by atoms with E-state index in [1.165, 1.54) is 20.2 Å². The highest BCUT2D eigenvalue weighted by Crippen LogP contribution is 2.24. The van der Waals surface area contributed by atoms with Crippen molar-refractivity contribution in [3.8, 4) is 11.4 Å². The van der Waals surface area contributed by atoms with Crippen LogP contribution < -0.4 is 14.5 Å². The third-order valence-corrected chi connectivity index (χ3v) is 6.81. The molecule has 1 atom stereocenters. The van der Waals surface area contributed by atoms with E-state index < -0.39 is 22.0 Å². The molecule has 1 amide bonds. The molecule has 0 saturated carbocycles. The van der Waals surface area contributed by atoms with E-state index in [1.54, 1.807) is 24.3 Å². The number of nitrogens with zero attached hydrogens (tertiary/aromatic N) is 3. The molecule has 0 saturated heterocycles. The fraction of sp³-hybridized carbons (Fsp3) is 0.250. The number of nitrogens with one attached hydrogen (secondary N) is 1. The maximum absolute atomic E-state index is 12.8. The lowest BCUT2D eigenvalue weighted by Crippen LogP contribution is -2.46. The van der Waals surface area contributed by atoms with E-state index in [9.17, 15) is 13.2 Å². The first kappa shape index (κ1) is 25.3. The zero-order valence-electron chi connectivity index (χ0n) is 19.6. The Morgan fingerprint density at radius 2 is 1.85 bits per heavy atom. The molecule has 8 nitrogen and oxygen atoms in total. The van der Waals surface area contributed by atoms with E-state index in [0.717, 1.165) is 33.2 Å². The quantitative estimate of drug-likeness (QED) is 0.371. The average molecular weight is 503 g/mol. The van der Waals surface area contributed by atoms with Gasteiger partial charge in [-0.25, -0.2) is 13.8 Å². The maximum atomic E-state index is 12.8. The molecule has 1 heterocycles. The molecule has 0 aliphatic heterocycles. The van der Waals surface area contributed by atoms with Gasteiger partial charge in [0.1, 0.15) is 11.8 Å². The third-order valence-electron chi connectivity index (χ3n) is 5.33. The first-order chi connectivity index (χ1) is 16.0. The second-order valence-corrected chi connectivity index (χ2v) is 10.1. The van der Waals surface area contributed by atoms with Crippen LogP contribution in [-0.2, 0) is 14.8 Å². The summed E-state index contributed by atoms with van der Waals surface area (Å²) in [6.07, 6.45) is 2.58. The number of rotatable bonds is 8. The molecule has 1 aromatic heterocycles. The Kier molecular flexibility index (Phi) is 7.68. The van der Waals surface area contributed by atoms with Crippen molar-refractivity contribution in [3.63, 3.8) is 0 Å². The van der Waals surface area contributed by atoms with E-state index in [2.05, 4.69) is 10.5 Å². The zero-order chi connectivity index (χ0) is 25.0. The largest absolute Gasteiger partial charge is 0.497 e. The highest BCUT2D eigenvalue weighted by atomic mass is 35.5. The molecule has 0 aliphatic carbocycles. The fourth-order valence-electron chi connectivity index (χ4n) is 3.73. The number of anilines is 1. The van der Waals surface area contributed by atoms with Crippen LogP contribution in [0, 0.1) is 13.8 Å². The number of ether oxygens (including phenoxy) is 1. The predicted octanol–water partition coefficient (Wildman–Crippen LogP) is 4.06. The Balaban J connectivity index is 1.79. The van der Waals surface area contributed by atoms with Crippen molar-refractivity contribution in [1.29, 1.82) is 0 Å². The van der Waals surface area contributed by atoms with Gasteiger partial charge in [0.15, 0.2) is 0 Å². The Morgan fingerprint density at radius 1 is 1.18 bits per heavy atom. The number of sulfonamides is 1. The molecule has 0 aliphatic rings. The maximum Gasteiger partial charge on any atom is 0.263 e. The molecule has 3 aromatic rings. The topological polar surface area (TPSA) is 93.0 Å². The Bertz CT molecular complexity index is 1320. The molecule has 180 valence electrons. The molecule has 0 radical (unpaired) electrons. The molecule has 1 N–H and O–H groups in total. The molecule has 2 aromatic carbocycles. The smallest absolute Gasteiger partial charge is 0.263 e. The van der Waals surface area contributed by atoms with Crippen LogP contribution in [0.2, 0.25) is 5.02 Å². The van der Waals surface area contributed by atoms with Crippen LogP contribution >= 0.6 is 11.6 Å². The summed E-state index contributed by atoms with van der Waals surface area (Å²) in [4.78, 5) is 12.8. The standard InChI is InChI=1S/C24H27ClN4O4S/c1-16-13-19(17(2)28(16)22-8-6-7-20(25)14-22)15-26-27-24(30)18(3)29(34(5,31)32)21-9-11-23(33-4)12-10-21/h6-15,18H,1-5H3,(H,27,30)/b26-15-/t18-/m1/s1. The highest BCUT2D eigenvalue weighted by molar-refractivity contribution is 7.92. The van der Waals surface area contributed by atoms with Crippen LogP contribution in [0.15, 0.2) is 59.7 Å². The van der Waals surface area contributed by atoms with Crippen LogP contribution in [0.3, 0.4) is 0 Å². The van der Waals surface area contributed by atoms with Gasteiger partial charge in [-0.3, -0.25) is 9.10 Å². The summed E-state index contributed by atoms with van der Waals surface area (Å²) < 4.78 is 33.1. The molecular weight excluding hydrogens is 476 g/mol. The summed E-state index contributed by atoms with van der Waals surface area (Å²) in [5.41, 5.74) is 6.42. The second-order valence-electron chi connectivity index (χ2n) is 7.81. The van der Waals surface area contributed by atoms with Crippen molar-refractivity contribution in [2.75, 3.05) is 17.7 Å². The van der Waals surface area contributed by atoms with Crippen LogP contribution in [0.4, 0.5) is 5.69 Å². The van der Waals surface area contributed by atoms with Gasteiger partial charge in [0.25, 0.3) is 5.91 Å². The first-order valence-corrected chi connectivity index (χ1v) is 12.7. The van der Waals surface area contributed by atoms with Crippen molar-refractivity contribution in [1.82, 2.24) is 9.99 Å². The monoisotopic (exact) mass is 502 g/mol. The van der Waals surface area contributed by atoms with Crippen molar-refractivity contribution < 1.29 is 17.9 Å². The number of hydrogen-bond donors (Lipinski definition) is 1. The minimum absolute atomic E-state index is 0.347. The number of hydrogen-bond acceptors (Lipinski definition) is 5. The van der Waals surface area contributed by atoms with Crippen LogP contribution in [0.5, 0.6) is 5.75 Å². The van der Waals surface area contributed by atoms with Gasteiger partial charge in [-0.05, 0) is 69.3 Å². The summed E-state index contributed by atoms with van der Waals surface area (Å²) in [6, 6.07) is 14.8. The Labute approximate surface area is 204 Å². The van der Waals surface area contributed by atoms with Gasteiger partial charge < -0.3 is 9.30 Å². The number of aryl methyl sites for hydroxylation is 1. The molecule has 34 heavy (non-hydrogen) atoms. The zero-order valence-corrected chi connectivity index (χ0v) is 21.2. The van der Waals surface area contributed by atoms with Gasteiger partial charge in [0.2, 0.25) is 10.0 Å².